The molecule has 6 nitrogen and oxygen atoms in total. The molecule has 1 aromatic carbocycles. The Hall–Kier alpha value is -2.72. The number of hydrogen-bond donors (Lipinski definition) is 2. The molecule has 0 saturated carbocycles. The van der Waals surface area contributed by atoms with E-state index in [2.05, 4.69) is 11.2 Å². The first-order chi connectivity index (χ1) is 12.0. The van der Waals surface area contributed by atoms with Crippen molar-refractivity contribution in [1.29, 1.82) is 0 Å². The van der Waals surface area contributed by atoms with Crippen LogP contribution in [0.5, 0.6) is 0 Å². The summed E-state index contributed by atoms with van der Waals surface area (Å²) < 4.78 is 0. The Balaban J connectivity index is 1.70. The summed E-state index contributed by atoms with van der Waals surface area (Å²) in [7, 11) is 0. The molecular weight excluding hydrogens is 340 g/mol. The normalized spacial score (nSPS) is 21.9. The highest BCUT2D eigenvalue weighted by atomic mass is 32.2. The molecule has 1 unspecified atom stereocenters. The summed E-state index contributed by atoms with van der Waals surface area (Å²) in [6, 6.07) is 8.51. The van der Waals surface area contributed by atoms with Gasteiger partial charge in [-0.1, -0.05) is 30.3 Å². The Kier molecular flexibility index (Phi) is 4.81. The summed E-state index contributed by atoms with van der Waals surface area (Å²) in [5.74, 6) is 1.02. The van der Waals surface area contributed by atoms with E-state index in [1.165, 1.54) is 16.7 Å². The van der Waals surface area contributed by atoms with Gasteiger partial charge in [0.1, 0.15) is 17.1 Å². The average molecular weight is 356 g/mol. The van der Waals surface area contributed by atoms with E-state index in [9.17, 15) is 19.5 Å². The van der Waals surface area contributed by atoms with Gasteiger partial charge in [0.05, 0.1) is 6.42 Å². The van der Waals surface area contributed by atoms with Crippen molar-refractivity contribution in [1.82, 2.24) is 10.2 Å². The maximum absolute atomic E-state index is 12.4. The lowest BCUT2D eigenvalue weighted by atomic mass is 10.0. The van der Waals surface area contributed by atoms with Gasteiger partial charge in [0.25, 0.3) is 5.91 Å². The second kappa shape index (κ2) is 7.03. The van der Waals surface area contributed by atoms with Crippen LogP contribution in [0.3, 0.4) is 0 Å². The lowest BCUT2D eigenvalue weighted by Crippen LogP contribution is -2.70. The van der Waals surface area contributed by atoms with Crippen LogP contribution in [0.25, 0.3) is 0 Å². The van der Waals surface area contributed by atoms with E-state index >= 15 is 0 Å². The Morgan fingerprint density at radius 2 is 2.08 bits per heavy atom. The molecule has 3 rings (SSSR count). The monoisotopic (exact) mass is 356 g/mol. The molecule has 1 saturated heterocycles. The van der Waals surface area contributed by atoms with E-state index in [1.54, 1.807) is 0 Å². The minimum Gasteiger partial charge on any atom is -0.477 e. The van der Waals surface area contributed by atoms with Crippen LogP contribution in [0.15, 0.2) is 41.6 Å². The molecule has 0 bridgehead atoms. The highest BCUT2D eigenvalue weighted by Gasteiger charge is 2.53. The lowest BCUT2D eigenvalue weighted by molar-refractivity contribution is -0.150. The Bertz CT molecular complexity index is 797. The number of carbonyl (C=O) groups excluding carboxylic acids is 2. The smallest absolute Gasteiger partial charge is 0.352 e. The zero-order chi connectivity index (χ0) is 18.0. The van der Waals surface area contributed by atoms with Crippen LogP contribution in [-0.2, 0) is 20.8 Å². The number of aliphatic carboxylic acids is 1. The average Bonchev–Trinajstić information content (AvgIpc) is 2.60. The summed E-state index contributed by atoms with van der Waals surface area (Å²) in [6.45, 7) is 0. The van der Waals surface area contributed by atoms with Gasteiger partial charge in [0.2, 0.25) is 5.91 Å². The number of rotatable bonds is 5. The minimum atomic E-state index is -1.17. The molecule has 1 aromatic rings. The molecule has 1 fully saturated rings. The van der Waals surface area contributed by atoms with Crippen molar-refractivity contribution in [3.05, 3.63) is 47.2 Å². The zero-order valence-corrected chi connectivity index (χ0v) is 14.1. The van der Waals surface area contributed by atoms with Gasteiger partial charge in [0, 0.05) is 12.2 Å². The molecule has 7 heteroatoms. The van der Waals surface area contributed by atoms with Crippen LogP contribution in [-0.4, -0.2) is 45.0 Å². The molecule has 2 heterocycles. The Labute approximate surface area is 149 Å². The number of thioether (sulfide) groups is 1. The van der Waals surface area contributed by atoms with Gasteiger partial charge in [-0.2, -0.15) is 0 Å². The van der Waals surface area contributed by atoms with E-state index in [1.807, 2.05) is 30.3 Å². The van der Waals surface area contributed by atoms with Crippen LogP contribution in [0.4, 0.5) is 0 Å². The fourth-order valence-electron chi connectivity index (χ4n) is 2.95. The Morgan fingerprint density at radius 1 is 1.36 bits per heavy atom. The maximum atomic E-state index is 12.4. The summed E-state index contributed by atoms with van der Waals surface area (Å²) in [5, 5.41) is 11.7. The van der Waals surface area contributed by atoms with E-state index in [-0.39, 0.29) is 24.4 Å². The summed E-state index contributed by atoms with van der Waals surface area (Å²) >= 11 is 1.42. The van der Waals surface area contributed by atoms with Crippen molar-refractivity contribution in [3.63, 3.8) is 0 Å². The molecule has 0 aromatic heterocycles. The van der Waals surface area contributed by atoms with Crippen molar-refractivity contribution < 1.29 is 19.5 Å². The number of terminal acetylenes is 1. The van der Waals surface area contributed by atoms with E-state index < -0.39 is 23.3 Å². The molecule has 2 aliphatic rings. The van der Waals surface area contributed by atoms with Crippen molar-refractivity contribution in [2.24, 2.45) is 0 Å². The van der Waals surface area contributed by atoms with Crippen LogP contribution < -0.4 is 5.32 Å². The van der Waals surface area contributed by atoms with Gasteiger partial charge >= 0.3 is 5.97 Å². The largest absolute Gasteiger partial charge is 0.477 e. The van der Waals surface area contributed by atoms with Crippen LogP contribution in [0.1, 0.15) is 12.0 Å². The standard InChI is InChI=1S/C18H16N2O4S/c1-2-6-12-10-25-17-14(16(22)20(17)15(12)18(23)24)19-13(21)9-11-7-4-3-5-8-11/h1,3-5,7-8,14,17H,6,9-10H2,(H,19,21)(H,23,24)/t14-,17?/m1/s1. The third-order valence-electron chi connectivity index (χ3n) is 4.09. The number of carboxylic acids is 1. The van der Waals surface area contributed by atoms with E-state index in [0.29, 0.717) is 11.3 Å². The van der Waals surface area contributed by atoms with Gasteiger partial charge in [-0.05, 0) is 11.1 Å². The van der Waals surface area contributed by atoms with E-state index in [0.717, 1.165) is 5.56 Å². The predicted octanol–water partition coefficient (Wildman–Crippen LogP) is 0.991. The summed E-state index contributed by atoms with van der Waals surface area (Å²) in [6.07, 6.45) is 5.64. The highest BCUT2D eigenvalue weighted by molar-refractivity contribution is 8.00. The molecule has 2 aliphatic heterocycles. The maximum Gasteiger partial charge on any atom is 0.352 e. The van der Waals surface area contributed by atoms with Crippen molar-refractivity contribution in [2.75, 3.05) is 5.75 Å². The van der Waals surface area contributed by atoms with Crippen molar-refractivity contribution in [2.45, 2.75) is 24.3 Å². The first-order valence-electron chi connectivity index (χ1n) is 7.69. The fraction of sp³-hybridized carbons (Fsp3) is 0.278. The molecule has 2 atom stereocenters. The first-order valence-corrected chi connectivity index (χ1v) is 8.74. The second-order valence-corrected chi connectivity index (χ2v) is 6.86. The van der Waals surface area contributed by atoms with Gasteiger partial charge in [0.15, 0.2) is 0 Å². The number of β-lactam (4-membered cyclic amide) rings is 1. The number of benzene rings is 1. The Morgan fingerprint density at radius 3 is 2.72 bits per heavy atom. The third-order valence-corrected chi connectivity index (χ3v) is 5.43. The highest BCUT2D eigenvalue weighted by Crippen LogP contribution is 2.41. The predicted molar refractivity (Wildman–Crippen MR) is 93.3 cm³/mol. The number of nitrogens with zero attached hydrogens (tertiary/aromatic N) is 1. The second-order valence-electron chi connectivity index (χ2n) is 5.76. The number of hydrogen-bond acceptors (Lipinski definition) is 4. The molecular formula is C18H16N2O4S. The summed E-state index contributed by atoms with van der Waals surface area (Å²) in [5.41, 5.74) is 1.36. The minimum absolute atomic E-state index is 0.0414. The molecule has 25 heavy (non-hydrogen) atoms. The van der Waals surface area contributed by atoms with Crippen molar-refractivity contribution in [3.8, 4) is 12.3 Å². The van der Waals surface area contributed by atoms with Crippen LogP contribution in [0, 0.1) is 12.3 Å². The summed E-state index contributed by atoms with van der Waals surface area (Å²) in [4.78, 5) is 37.3. The molecule has 128 valence electrons. The van der Waals surface area contributed by atoms with Gasteiger partial charge in [-0.15, -0.1) is 24.1 Å². The number of nitrogens with one attached hydrogen (secondary N) is 1. The number of carboxylic acid groups (broad SMARTS) is 1. The zero-order valence-electron chi connectivity index (χ0n) is 13.3. The van der Waals surface area contributed by atoms with Crippen molar-refractivity contribution >= 4 is 29.5 Å². The van der Waals surface area contributed by atoms with Crippen LogP contribution in [0.2, 0.25) is 0 Å². The SMILES string of the molecule is C#CCC1=C(C(=O)O)N2C(=O)[C@@H](NC(=O)Cc3ccccc3)C2SC1. The van der Waals surface area contributed by atoms with Gasteiger partial charge < -0.3 is 10.4 Å². The number of fused-ring (bicyclic) bond motifs is 1. The van der Waals surface area contributed by atoms with Gasteiger partial charge in [-0.25, -0.2) is 4.79 Å². The molecule has 0 aliphatic carbocycles. The molecule has 0 spiro atoms. The quantitative estimate of drug-likeness (QED) is 0.607. The fourth-order valence-corrected chi connectivity index (χ4v) is 4.29. The first kappa shape index (κ1) is 17.1. The third kappa shape index (κ3) is 3.26. The topological polar surface area (TPSA) is 86.7 Å². The van der Waals surface area contributed by atoms with Gasteiger partial charge in [-0.3, -0.25) is 14.5 Å². The number of carbonyl (C=O) groups is 3. The number of amides is 2. The molecule has 2 amide bonds. The van der Waals surface area contributed by atoms with E-state index in [4.69, 9.17) is 6.42 Å². The lowest BCUT2D eigenvalue weighted by Gasteiger charge is -2.49. The molecule has 0 radical (unpaired) electrons. The molecule has 2 N–H and O–H groups in total. The van der Waals surface area contributed by atoms with Crippen LogP contribution >= 0.6 is 11.8 Å².